The Bertz CT molecular complexity index is 694. The van der Waals surface area contributed by atoms with Gasteiger partial charge in [-0.2, -0.15) is 13.2 Å². The Morgan fingerprint density at radius 2 is 1.86 bits per heavy atom. The molecule has 0 aromatic heterocycles. The normalized spacial score (nSPS) is 11.4. The number of nitrogens with zero attached hydrogens (tertiary/aromatic N) is 1. The Kier molecular flexibility index (Phi) is 3.46. The van der Waals surface area contributed by atoms with E-state index in [4.69, 9.17) is 5.73 Å². The molecule has 3 N–H and O–H groups in total. The minimum atomic E-state index is -4.70. The summed E-state index contributed by atoms with van der Waals surface area (Å²) in [6.07, 6.45) is -4.70. The fourth-order valence-electron chi connectivity index (χ4n) is 1.92. The van der Waals surface area contributed by atoms with Crippen LogP contribution in [0.15, 0.2) is 36.4 Å². The molecule has 0 unspecified atom stereocenters. The highest BCUT2D eigenvalue weighted by Gasteiger charge is 2.33. The van der Waals surface area contributed by atoms with Crippen molar-refractivity contribution in [3.63, 3.8) is 0 Å². The maximum atomic E-state index is 12.6. The number of nitrogen functional groups attached to an aromatic ring is 1. The van der Waals surface area contributed by atoms with Crippen LogP contribution in [0.2, 0.25) is 0 Å². The third-order valence-electron chi connectivity index (χ3n) is 2.87. The average Bonchev–Trinajstić information content (AvgIpc) is 2.37. The second-order valence-corrected chi connectivity index (χ2v) is 4.23. The summed E-state index contributed by atoms with van der Waals surface area (Å²) in [7, 11) is 0. The Morgan fingerprint density at radius 3 is 2.38 bits per heavy atom. The fraction of sp³-hybridized carbons (Fsp3) is 0.0769. The Morgan fingerprint density at radius 1 is 1.19 bits per heavy atom. The Hall–Kier alpha value is -2.77. The van der Waals surface area contributed by atoms with Crippen molar-refractivity contribution in [2.24, 2.45) is 0 Å². The predicted molar refractivity (Wildman–Crippen MR) is 69.6 cm³/mol. The van der Waals surface area contributed by atoms with Crippen molar-refractivity contribution in [2.75, 3.05) is 5.73 Å². The summed E-state index contributed by atoms with van der Waals surface area (Å²) >= 11 is 0. The van der Waals surface area contributed by atoms with Crippen molar-refractivity contribution in [3.05, 3.63) is 52.1 Å². The molecule has 0 atom stereocenters. The van der Waals surface area contributed by atoms with Crippen molar-refractivity contribution < 1.29 is 23.2 Å². The molecule has 0 radical (unpaired) electrons. The molecule has 0 heterocycles. The van der Waals surface area contributed by atoms with E-state index in [2.05, 4.69) is 0 Å². The van der Waals surface area contributed by atoms with E-state index in [1.54, 1.807) is 0 Å². The van der Waals surface area contributed by atoms with Gasteiger partial charge in [0.15, 0.2) is 0 Å². The zero-order chi connectivity index (χ0) is 15.8. The van der Waals surface area contributed by atoms with E-state index >= 15 is 0 Å². The lowest BCUT2D eigenvalue weighted by Crippen LogP contribution is -2.06. The zero-order valence-corrected chi connectivity index (χ0v) is 10.4. The largest absolute Gasteiger partial charge is 0.507 e. The molecule has 0 fully saturated rings. The molecule has 8 heteroatoms. The van der Waals surface area contributed by atoms with E-state index < -0.39 is 22.4 Å². The highest BCUT2D eigenvalue weighted by atomic mass is 19.4. The van der Waals surface area contributed by atoms with Gasteiger partial charge in [-0.3, -0.25) is 10.1 Å². The molecule has 0 spiro atoms. The first-order chi connectivity index (χ1) is 9.71. The molecule has 0 aliphatic rings. The smallest absolute Gasteiger partial charge is 0.416 e. The molecular weight excluding hydrogens is 289 g/mol. The molecule has 0 aliphatic carbocycles. The number of nitrogens with two attached hydrogens (primary N) is 1. The Balaban J connectivity index is 2.73. The van der Waals surface area contributed by atoms with Crippen LogP contribution in [-0.4, -0.2) is 10.0 Å². The number of hydrogen-bond donors (Lipinski definition) is 2. The number of halogens is 3. The molecule has 5 nitrogen and oxygen atoms in total. The summed E-state index contributed by atoms with van der Waals surface area (Å²) in [5, 5.41) is 20.8. The van der Waals surface area contributed by atoms with Crippen molar-refractivity contribution in [1.82, 2.24) is 0 Å². The monoisotopic (exact) mass is 298 g/mol. The number of phenols is 1. The lowest BCUT2D eigenvalue weighted by Gasteiger charge is -2.11. The average molecular weight is 298 g/mol. The van der Waals surface area contributed by atoms with Crippen LogP contribution in [0.3, 0.4) is 0 Å². The standard InChI is InChI=1S/C13H9F3N2O3/c14-13(15,16)7-4-5-8(10(6-7)18(20)21)12-9(17)2-1-3-11(12)19/h1-6,19H,17H2. The lowest BCUT2D eigenvalue weighted by atomic mass is 9.99. The summed E-state index contributed by atoms with van der Waals surface area (Å²) < 4.78 is 37.9. The van der Waals surface area contributed by atoms with E-state index in [1.165, 1.54) is 18.2 Å². The molecule has 110 valence electrons. The van der Waals surface area contributed by atoms with Gasteiger partial charge in [0.25, 0.3) is 5.69 Å². The second-order valence-electron chi connectivity index (χ2n) is 4.23. The summed E-state index contributed by atoms with van der Waals surface area (Å²) in [6, 6.07) is 6.09. The number of anilines is 1. The van der Waals surface area contributed by atoms with Crippen molar-refractivity contribution in [2.45, 2.75) is 6.18 Å². The number of nitro benzene ring substituents is 1. The first-order valence-corrected chi connectivity index (χ1v) is 5.65. The van der Waals surface area contributed by atoms with Crippen LogP contribution >= 0.6 is 0 Å². The lowest BCUT2D eigenvalue weighted by molar-refractivity contribution is -0.384. The van der Waals surface area contributed by atoms with Gasteiger partial charge in [0.2, 0.25) is 0 Å². The molecule has 0 amide bonds. The summed E-state index contributed by atoms with van der Waals surface area (Å²) in [5.41, 5.74) is 3.49. The quantitative estimate of drug-likeness (QED) is 0.504. The number of aromatic hydroxyl groups is 1. The topological polar surface area (TPSA) is 89.4 Å². The minimum Gasteiger partial charge on any atom is -0.507 e. The first kappa shape index (κ1) is 14.6. The molecule has 2 aromatic carbocycles. The highest BCUT2D eigenvalue weighted by Crippen LogP contribution is 2.42. The van der Waals surface area contributed by atoms with Gasteiger partial charge in [-0.05, 0) is 24.3 Å². The van der Waals surface area contributed by atoms with Gasteiger partial charge in [-0.1, -0.05) is 6.07 Å². The number of hydrogen-bond acceptors (Lipinski definition) is 4. The number of nitro groups is 1. The fourth-order valence-corrected chi connectivity index (χ4v) is 1.92. The van der Waals surface area contributed by atoms with Gasteiger partial charge in [-0.25, -0.2) is 0 Å². The van der Waals surface area contributed by atoms with Crippen molar-refractivity contribution in [3.8, 4) is 16.9 Å². The van der Waals surface area contributed by atoms with Gasteiger partial charge >= 0.3 is 6.18 Å². The van der Waals surface area contributed by atoms with Crippen LogP contribution in [0.5, 0.6) is 5.75 Å². The Labute approximate surface area is 116 Å². The second kappa shape index (κ2) is 4.97. The third-order valence-corrected chi connectivity index (χ3v) is 2.87. The summed E-state index contributed by atoms with van der Waals surface area (Å²) in [4.78, 5) is 10.1. The summed E-state index contributed by atoms with van der Waals surface area (Å²) in [5.74, 6) is -0.349. The molecule has 0 aliphatic heterocycles. The minimum absolute atomic E-state index is 0.0258. The van der Waals surface area contributed by atoms with Crippen LogP contribution in [-0.2, 0) is 6.18 Å². The number of rotatable bonds is 2. The van der Waals surface area contributed by atoms with Crippen LogP contribution in [0.25, 0.3) is 11.1 Å². The summed E-state index contributed by atoms with van der Waals surface area (Å²) in [6.45, 7) is 0. The van der Waals surface area contributed by atoms with Gasteiger partial charge in [0, 0.05) is 11.8 Å². The predicted octanol–water partition coefficient (Wildman–Crippen LogP) is 3.57. The van der Waals surface area contributed by atoms with Crippen LogP contribution < -0.4 is 5.73 Å². The third kappa shape index (κ3) is 2.73. The van der Waals surface area contributed by atoms with Crippen LogP contribution in [0.1, 0.15) is 5.56 Å². The van der Waals surface area contributed by atoms with E-state index in [0.717, 1.165) is 6.07 Å². The van der Waals surface area contributed by atoms with Crippen molar-refractivity contribution >= 4 is 11.4 Å². The first-order valence-electron chi connectivity index (χ1n) is 5.65. The molecule has 21 heavy (non-hydrogen) atoms. The number of phenolic OH excluding ortho intramolecular Hbond substituents is 1. The van der Waals surface area contributed by atoms with Gasteiger partial charge in [0.1, 0.15) is 5.75 Å². The van der Waals surface area contributed by atoms with E-state index in [9.17, 15) is 28.4 Å². The molecule has 0 bridgehead atoms. The highest BCUT2D eigenvalue weighted by molar-refractivity contribution is 5.86. The van der Waals surface area contributed by atoms with E-state index in [0.29, 0.717) is 12.1 Å². The molecular formula is C13H9F3N2O3. The van der Waals surface area contributed by atoms with Gasteiger partial charge in [0.05, 0.1) is 21.6 Å². The van der Waals surface area contributed by atoms with E-state index in [-0.39, 0.29) is 22.6 Å². The van der Waals surface area contributed by atoms with Gasteiger partial charge < -0.3 is 10.8 Å². The van der Waals surface area contributed by atoms with Crippen molar-refractivity contribution in [1.29, 1.82) is 0 Å². The maximum Gasteiger partial charge on any atom is 0.416 e. The van der Waals surface area contributed by atoms with Gasteiger partial charge in [-0.15, -0.1) is 0 Å². The van der Waals surface area contributed by atoms with E-state index in [1.807, 2.05) is 0 Å². The number of benzene rings is 2. The zero-order valence-electron chi connectivity index (χ0n) is 10.4. The molecule has 2 rings (SSSR count). The number of alkyl halides is 3. The molecule has 0 saturated heterocycles. The SMILES string of the molecule is Nc1cccc(O)c1-c1ccc(C(F)(F)F)cc1[N+](=O)[O-]. The van der Waals surface area contributed by atoms with Crippen LogP contribution in [0.4, 0.5) is 24.5 Å². The van der Waals surface area contributed by atoms with Crippen LogP contribution in [0, 0.1) is 10.1 Å². The molecule has 0 saturated carbocycles. The maximum absolute atomic E-state index is 12.6. The molecule has 2 aromatic rings.